The summed E-state index contributed by atoms with van der Waals surface area (Å²) in [5.41, 5.74) is 0.626. The molecule has 2 rings (SSSR count). The summed E-state index contributed by atoms with van der Waals surface area (Å²) in [7, 11) is 0. The minimum absolute atomic E-state index is 0.00425. The number of amides is 1. The van der Waals surface area contributed by atoms with E-state index in [4.69, 9.17) is 21.1 Å². The summed E-state index contributed by atoms with van der Waals surface area (Å²) in [6.45, 7) is 4.38. The number of alkyl halides is 1. The van der Waals surface area contributed by atoms with Crippen molar-refractivity contribution in [2.75, 3.05) is 32.2 Å². The number of hydrogen-bond acceptors (Lipinski definition) is 3. The van der Waals surface area contributed by atoms with E-state index in [1.165, 1.54) is 0 Å². The molecule has 1 amide bonds. The Kier molecular flexibility index (Phi) is 4.91. The maximum Gasteiger partial charge on any atom is 0.253 e. The molecule has 1 aliphatic heterocycles. The van der Waals surface area contributed by atoms with Gasteiger partial charge in [0.25, 0.3) is 5.91 Å². The number of hydrogen-bond donors (Lipinski definition) is 0. The average Bonchev–Trinajstić information content (AvgIpc) is 2.47. The standard InChI is InChI=1S/C14H18ClNO3/c1-2-16(7-3-6-15)14(17)11-4-5-12-13(10-11)19-9-8-18-12/h4-5,10H,2-3,6-9H2,1H3. The van der Waals surface area contributed by atoms with Crippen molar-refractivity contribution in [3.05, 3.63) is 23.8 Å². The SMILES string of the molecule is CCN(CCCCl)C(=O)c1ccc2c(c1)OCCO2. The van der Waals surface area contributed by atoms with Crippen LogP contribution in [0.3, 0.4) is 0 Å². The van der Waals surface area contributed by atoms with Gasteiger partial charge in [-0.3, -0.25) is 4.79 Å². The van der Waals surface area contributed by atoms with E-state index in [9.17, 15) is 4.79 Å². The van der Waals surface area contributed by atoms with Crippen molar-refractivity contribution in [1.29, 1.82) is 0 Å². The van der Waals surface area contributed by atoms with Crippen molar-refractivity contribution in [2.45, 2.75) is 13.3 Å². The first kappa shape index (κ1) is 14.0. The van der Waals surface area contributed by atoms with E-state index in [1.54, 1.807) is 23.1 Å². The number of carbonyl (C=O) groups excluding carboxylic acids is 1. The smallest absolute Gasteiger partial charge is 0.253 e. The zero-order valence-corrected chi connectivity index (χ0v) is 11.8. The first-order valence-electron chi connectivity index (χ1n) is 6.51. The van der Waals surface area contributed by atoms with Gasteiger partial charge in [0.15, 0.2) is 11.5 Å². The number of carbonyl (C=O) groups is 1. The van der Waals surface area contributed by atoms with Crippen LogP contribution in [0.1, 0.15) is 23.7 Å². The van der Waals surface area contributed by atoms with Crippen LogP contribution in [-0.2, 0) is 0 Å². The second kappa shape index (κ2) is 6.66. The highest BCUT2D eigenvalue weighted by atomic mass is 35.5. The van der Waals surface area contributed by atoms with Gasteiger partial charge in [0.05, 0.1) is 0 Å². The van der Waals surface area contributed by atoms with Crippen molar-refractivity contribution in [1.82, 2.24) is 4.90 Å². The molecule has 0 bridgehead atoms. The van der Waals surface area contributed by atoms with Crippen LogP contribution in [-0.4, -0.2) is 43.0 Å². The Morgan fingerprint density at radius 1 is 1.32 bits per heavy atom. The number of benzene rings is 1. The summed E-state index contributed by atoms with van der Waals surface area (Å²) in [6, 6.07) is 5.32. The monoisotopic (exact) mass is 283 g/mol. The van der Waals surface area contributed by atoms with E-state index in [-0.39, 0.29) is 5.91 Å². The van der Waals surface area contributed by atoms with E-state index >= 15 is 0 Å². The van der Waals surface area contributed by atoms with Crippen molar-refractivity contribution < 1.29 is 14.3 Å². The number of nitrogens with zero attached hydrogens (tertiary/aromatic N) is 1. The van der Waals surface area contributed by atoms with Crippen LogP contribution < -0.4 is 9.47 Å². The molecule has 5 heteroatoms. The predicted molar refractivity (Wildman–Crippen MR) is 74.3 cm³/mol. The normalized spacial score (nSPS) is 13.2. The molecule has 1 aliphatic rings. The van der Waals surface area contributed by atoms with Crippen molar-refractivity contribution in [3.8, 4) is 11.5 Å². The van der Waals surface area contributed by atoms with Crippen molar-refractivity contribution in [3.63, 3.8) is 0 Å². The highest BCUT2D eigenvalue weighted by molar-refractivity contribution is 6.17. The van der Waals surface area contributed by atoms with Crippen LogP contribution in [0.5, 0.6) is 11.5 Å². The van der Waals surface area contributed by atoms with Crippen LogP contribution in [0.15, 0.2) is 18.2 Å². The fourth-order valence-corrected chi connectivity index (χ4v) is 2.13. The van der Waals surface area contributed by atoms with Gasteiger partial charge in [-0.1, -0.05) is 0 Å². The van der Waals surface area contributed by atoms with Gasteiger partial charge in [-0.25, -0.2) is 0 Å². The molecular weight excluding hydrogens is 266 g/mol. The van der Waals surface area contributed by atoms with Gasteiger partial charge in [0.1, 0.15) is 13.2 Å². The molecule has 0 fully saturated rings. The molecule has 4 nitrogen and oxygen atoms in total. The fraction of sp³-hybridized carbons (Fsp3) is 0.500. The minimum Gasteiger partial charge on any atom is -0.486 e. The summed E-state index contributed by atoms with van der Waals surface area (Å²) >= 11 is 5.67. The molecule has 0 spiro atoms. The molecule has 0 saturated carbocycles. The first-order valence-corrected chi connectivity index (χ1v) is 7.04. The van der Waals surface area contributed by atoms with E-state index in [2.05, 4.69) is 0 Å². The van der Waals surface area contributed by atoms with Gasteiger partial charge in [-0.2, -0.15) is 0 Å². The van der Waals surface area contributed by atoms with Crippen LogP contribution >= 0.6 is 11.6 Å². The topological polar surface area (TPSA) is 38.8 Å². The van der Waals surface area contributed by atoms with Gasteiger partial charge in [-0.15, -0.1) is 11.6 Å². The molecule has 0 saturated heterocycles. The zero-order valence-electron chi connectivity index (χ0n) is 11.0. The quantitative estimate of drug-likeness (QED) is 0.780. The molecular formula is C14H18ClNO3. The molecule has 0 aliphatic carbocycles. The molecule has 0 radical (unpaired) electrons. The molecule has 0 N–H and O–H groups in total. The van der Waals surface area contributed by atoms with Crippen LogP contribution in [0.25, 0.3) is 0 Å². The molecule has 0 unspecified atom stereocenters. The van der Waals surface area contributed by atoms with E-state index in [0.717, 1.165) is 6.42 Å². The third-order valence-electron chi connectivity index (χ3n) is 3.02. The Morgan fingerprint density at radius 2 is 2.05 bits per heavy atom. The summed E-state index contributed by atoms with van der Waals surface area (Å²) in [4.78, 5) is 14.1. The maximum atomic E-state index is 12.4. The lowest BCUT2D eigenvalue weighted by molar-refractivity contribution is 0.0763. The Balaban J connectivity index is 2.13. The van der Waals surface area contributed by atoms with Crippen LogP contribution in [0, 0.1) is 0 Å². The van der Waals surface area contributed by atoms with Gasteiger partial charge in [-0.05, 0) is 31.5 Å². The highest BCUT2D eigenvalue weighted by Crippen LogP contribution is 2.31. The van der Waals surface area contributed by atoms with Gasteiger partial charge in [0, 0.05) is 24.5 Å². The third-order valence-corrected chi connectivity index (χ3v) is 3.29. The molecule has 0 aromatic heterocycles. The largest absolute Gasteiger partial charge is 0.486 e. The lowest BCUT2D eigenvalue weighted by Crippen LogP contribution is -2.32. The van der Waals surface area contributed by atoms with Crippen LogP contribution in [0.2, 0.25) is 0 Å². The lowest BCUT2D eigenvalue weighted by Gasteiger charge is -2.22. The average molecular weight is 284 g/mol. The first-order chi connectivity index (χ1) is 9.26. The lowest BCUT2D eigenvalue weighted by atomic mass is 10.1. The van der Waals surface area contributed by atoms with Gasteiger partial charge < -0.3 is 14.4 Å². The second-order valence-corrected chi connectivity index (χ2v) is 4.66. The number of ether oxygens (including phenoxy) is 2. The summed E-state index contributed by atoms with van der Waals surface area (Å²) in [6.07, 6.45) is 0.797. The Morgan fingerprint density at radius 3 is 2.74 bits per heavy atom. The van der Waals surface area contributed by atoms with Gasteiger partial charge in [0.2, 0.25) is 0 Å². The summed E-state index contributed by atoms with van der Waals surface area (Å²) < 4.78 is 10.9. The van der Waals surface area contributed by atoms with Gasteiger partial charge >= 0.3 is 0 Å². The molecule has 1 heterocycles. The maximum absolute atomic E-state index is 12.4. The highest BCUT2D eigenvalue weighted by Gasteiger charge is 2.18. The Hall–Kier alpha value is -1.42. The number of rotatable bonds is 5. The summed E-state index contributed by atoms with van der Waals surface area (Å²) in [5.74, 6) is 1.91. The molecule has 19 heavy (non-hydrogen) atoms. The van der Waals surface area contributed by atoms with Crippen molar-refractivity contribution in [2.24, 2.45) is 0 Å². The Bertz CT molecular complexity index is 450. The second-order valence-electron chi connectivity index (χ2n) is 4.29. The summed E-state index contributed by atoms with van der Waals surface area (Å²) in [5, 5.41) is 0. The number of halogens is 1. The molecule has 1 aromatic rings. The predicted octanol–water partition coefficient (Wildman–Crippen LogP) is 2.55. The van der Waals surface area contributed by atoms with E-state index < -0.39 is 0 Å². The molecule has 0 atom stereocenters. The van der Waals surface area contributed by atoms with E-state index in [0.29, 0.717) is 49.2 Å². The minimum atomic E-state index is 0.00425. The van der Waals surface area contributed by atoms with E-state index in [1.807, 2.05) is 6.92 Å². The zero-order chi connectivity index (χ0) is 13.7. The third kappa shape index (κ3) is 3.32. The van der Waals surface area contributed by atoms with Crippen molar-refractivity contribution >= 4 is 17.5 Å². The number of fused-ring (bicyclic) bond motifs is 1. The molecule has 104 valence electrons. The van der Waals surface area contributed by atoms with Crippen LogP contribution in [0.4, 0.5) is 0 Å². The Labute approximate surface area is 118 Å². The molecule has 1 aromatic carbocycles. The fourth-order valence-electron chi connectivity index (χ4n) is 2.01.